The average Bonchev–Trinajstić information content (AvgIpc) is 2.86. The van der Waals surface area contributed by atoms with Gasteiger partial charge in [0.1, 0.15) is 0 Å². The fourth-order valence-corrected chi connectivity index (χ4v) is 3.00. The quantitative estimate of drug-likeness (QED) is 0.564. The third-order valence-corrected chi connectivity index (χ3v) is 4.44. The molecule has 0 aromatic carbocycles. The summed E-state index contributed by atoms with van der Waals surface area (Å²) < 4.78 is 0. The molecule has 1 fully saturated rings. The van der Waals surface area contributed by atoms with Gasteiger partial charge in [0.05, 0.1) is 11.8 Å². The Kier molecular flexibility index (Phi) is 5.47. The zero-order valence-electron chi connectivity index (χ0n) is 10.8. The second kappa shape index (κ2) is 6.43. The van der Waals surface area contributed by atoms with Crippen molar-refractivity contribution in [2.24, 2.45) is 17.3 Å². The number of aliphatic hydroxyl groups excluding tert-OH is 1. The molecule has 0 bridgehead atoms. The number of carboxylic acid groups (broad SMARTS) is 1. The Labute approximate surface area is 111 Å². The number of hydrogen-bond acceptors (Lipinski definition) is 4. The number of nitrogens with one attached hydrogen (secondary N) is 1. The molecule has 2 unspecified atom stereocenters. The monoisotopic (exact) mass is 275 g/mol. The molecular formula is C12H21NO4S. The first-order chi connectivity index (χ1) is 8.42. The number of amides is 1. The molecule has 104 valence electrons. The third-order valence-electron chi connectivity index (χ3n) is 3.37. The molecule has 5 nitrogen and oxygen atoms in total. The normalized spacial score (nSPS) is 24.6. The number of rotatable bonds is 8. The van der Waals surface area contributed by atoms with Gasteiger partial charge in [0, 0.05) is 18.9 Å². The fraction of sp³-hybridized carbons (Fsp3) is 0.833. The van der Waals surface area contributed by atoms with Crippen molar-refractivity contribution in [2.45, 2.75) is 20.3 Å². The minimum absolute atomic E-state index is 0.157. The molecule has 3 N–H and O–H groups in total. The van der Waals surface area contributed by atoms with Crippen LogP contribution in [0.5, 0.6) is 0 Å². The molecule has 0 radical (unpaired) electrons. The molecule has 2 atom stereocenters. The lowest BCUT2D eigenvalue weighted by Gasteiger charge is -2.05. The van der Waals surface area contributed by atoms with Crippen LogP contribution in [0.25, 0.3) is 0 Å². The summed E-state index contributed by atoms with van der Waals surface area (Å²) in [4.78, 5) is 22.7. The van der Waals surface area contributed by atoms with Crippen LogP contribution in [0.1, 0.15) is 20.3 Å². The maximum atomic E-state index is 11.8. The van der Waals surface area contributed by atoms with Gasteiger partial charge in [-0.3, -0.25) is 9.59 Å². The molecule has 0 heterocycles. The summed E-state index contributed by atoms with van der Waals surface area (Å²) >= 11 is 1.67. The van der Waals surface area contributed by atoms with E-state index in [4.69, 9.17) is 10.2 Å². The molecule has 1 saturated carbocycles. The van der Waals surface area contributed by atoms with Gasteiger partial charge in [-0.1, -0.05) is 13.8 Å². The summed E-state index contributed by atoms with van der Waals surface area (Å²) in [6.07, 6.45) is 0.759. The van der Waals surface area contributed by atoms with Crippen LogP contribution < -0.4 is 5.32 Å². The van der Waals surface area contributed by atoms with E-state index in [1.54, 1.807) is 11.8 Å². The van der Waals surface area contributed by atoms with Crippen LogP contribution in [0, 0.1) is 17.3 Å². The van der Waals surface area contributed by atoms with Crippen molar-refractivity contribution in [3.8, 4) is 0 Å². The lowest BCUT2D eigenvalue weighted by atomic mass is 10.1. The number of aliphatic hydroxyl groups is 1. The molecule has 0 aromatic rings. The van der Waals surface area contributed by atoms with E-state index in [0.29, 0.717) is 6.54 Å². The molecule has 0 spiro atoms. The number of thioether (sulfide) groups is 1. The third kappa shape index (κ3) is 3.62. The van der Waals surface area contributed by atoms with Crippen molar-refractivity contribution in [3.63, 3.8) is 0 Å². The van der Waals surface area contributed by atoms with Crippen LogP contribution in [0.2, 0.25) is 0 Å². The SMILES string of the molecule is CC1(C)C(C(=O)O)C1C(=O)NCCSCCCO. The maximum absolute atomic E-state index is 11.8. The van der Waals surface area contributed by atoms with Gasteiger partial charge in [-0.25, -0.2) is 0 Å². The van der Waals surface area contributed by atoms with Crippen LogP contribution in [-0.4, -0.2) is 46.7 Å². The van der Waals surface area contributed by atoms with Gasteiger partial charge in [0.15, 0.2) is 0 Å². The van der Waals surface area contributed by atoms with Crippen LogP contribution in [0.15, 0.2) is 0 Å². The minimum atomic E-state index is -0.891. The van der Waals surface area contributed by atoms with Crippen molar-refractivity contribution in [3.05, 3.63) is 0 Å². The van der Waals surface area contributed by atoms with Crippen LogP contribution in [0.3, 0.4) is 0 Å². The van der Waals surface area contributed by atoms with E-state index in [1.807, 2.05) is 13.8 Å². The van der Waals surface area contributed by atoms with Gasteiger partial charge >= 0.3 is 5.97 Å². The Morgan fingerprint density at radius 3 is 2.44 bits per heavy atom. The second-order valence-corrected chi connectivity index (χ2v) is 6.32. The summed E-state index contributed by atoms with van der Waals surface area (Å²) in [5, 5.41) is 20.3. The average molecular weight is 275 g/mol. The number of carbonyl (C=O) groups excluding carboxylic acids is 1. The van der Waals surface area contributed by atoms with Gasteiger partial charge < -0.3 is 15.5 Å². The number of carbonyl (C=O) groups is 2. The summed E-state index contributed by atoms with van der Waals surface area (Å²) in [7, 11) is 0. The molecule has 6 heteroatoms. The molecule has 0 saturated heterocycles. The first-order valence-electron chi connectivity index (χ1n) is 6.12. The van der Waals surface area contributed by atoms with Crippen LogP contribution in [-0.2, 0) is 9.59 Å². The van der Waals surface area contributed by atoms with Gasteiger partial charge in [-0.2, -0.15) is 11.8 Å². The van der Waals surface area contributed by atoms with Crippen molar-refractivity contribution in [2.75, 3.05) is 24.7 Å². The smallest absolute Gasteiger partial charge is 0.307 e. The summed E-state index contributed by atoms with van der Waals surface area (Å²) in [6, 6.07) is 0. The molecular weight excluding hydrogens is 254 g/mol. The zero-order valence-corrected chi connectivity index (χ0v) is 11.6. The van der Waals surface area contributed by atoms with E-state index < -0.39 is 23.2 Å². The van der Waals surface area contributed by atoms with E-state index in [1.165, 1.54) is 0 Å². The van der Waals surface area contributed by atoms with Gasteiger partial charge in [-0.05, 0) is 17.6 Å². The number of carboxylic acids is 1. The fourth-order valence-electron chi connectivity index (χ4n) is 2.21. The molecule has 1 rings (SSSR count). The van der Waals surface area contributed by atoms with Crippen LogP contribution in [0.4, 0.5) is 0 Å². The van der Waals surface area contributed by atoms with E-state index in [-0.39, 0.29) is 12.5 Å². The second-order valence-electron chi connectivity index (χ2n) is 5.10. The standard InChI is InChI=1S/C12H21NO4S/c1-12(2)8(9(12)11(16)17)10(15)13-4-7-18-6-3-5-14/h8-9,14H,3-7H2,1-2H3,(H,13,15)(H,16,17). The van der Waals surface area contributed by atoms with Gasteiger partial charge in [0.2, 0.25) is 5.91 Å². The van der Waals surface area contributed by atoms with Gasteiger partial charge in [-0.15, -0.1) is 0 Å². The molecule has 0 aliphatic heterocycles. The predicted octanol–water partition coefficient (Wildman–Crippen LogP) is 0.575. The van der Waals surface area contributed by atoms with Gasteiger partial charge in [0.25, 0.3) is 0 Å². The molecule has 18 heavy (non-hydrogen) atoms. The maximum Gasteiger partial charge on any atom is 0.307 e. The van der Waals surface area contributed by atoms with Crippen LogP contribution >= 0.6 is 11.8 Å². The highest BCUT2D eigenvalue weighted by atomic mass is 32.2. The molecule has 1 aliphatic rings. The molecule has 0 aromatic heterocycles. The lowest BCUT2D eigenvalue weighted by Crippen LogP contribution is -2.29. The first-order valence-corrected chi connectivity index (χ1v) is 7.27. The van der Waals surface area contributed by atoms with Crippen molar-refractivity contribution >= 4 is 23.6 Å². The Morgan fingerprint density at radius 2 is 1.94 bits per heavy atom. The Bertz CT molecular complexity index is 319. The van der Waals surface area contributed by atoms with E-state index in [2.05, 4.69) is 5.32 Å². The Morgan fingerprint density at radius 1 is 1.28 bits per heavy atom. The molecule has 1 amide bonds. The number of aliphatic carboxylic acids is 1. The topological polar surface area (TPSA) is 86.6 Å². The van der Waals surface area contributed by atoms with Crippen molar-refractivity contribution < 1.29 is 19.8 Å². The van der Waals surface area contributed by atoms with E-state index in [9.17, 15) is 9.59 Å². The van der Waals surface area contributed by atoms with Crippen molar-refractivity contribution in [1.82, 2.24) is 5.32 Å². The minimum Gasteiger partial charge on any atom is -0.481 e. The van der Waals surface area contributed by atoms with E-state index in [0.717, 1.165) is 17.9 Å². The summed E-state index contributed by atoms with van der Waals surface area (Å²) in [5.74, 6) is -0.347. The highest BCUT2D eigenvalue weighted by molar-refractivity contribution is 7.99. The predicted molar refractivity (Wildman–Crippen MR) is 70.4 cm³/mol. The lowest BCUT2D eigenvalue weighted by molar-refractivity contribution is -0.140. The van der Waals surface area contributed by atoms with Crippen molar-refractivity contribution in [1.29, 1.82) is 0 Å². The highest BCUT2D eigenvalue weighted by Gasteiger charge is 2.65. The number of hydrogen-bond donors (Lipinski definition) is 3. The highest BCUT2D eigenvalue weighted by Crippen LogP contribution is 2.58. The summed E-state index contributed by atoms with van der Waals surface area (Å²) in [5.41, 5.74) is -0.431. The largest absolute Gasteiger partial charge is 0.481 e. The molecule has 1 aliphatic carbocycles. The first kappa shape index (κ1) is 15.3. The zero-order chi connectivity index (χ0) is 13.8. The summed E-state index contributed by atoms with van der Waals surface area (Å²) in [6.45, 7) is 4.36. The Balaban J connectivity index is 2.21. The van der Waals surface area contributed by atoms with E-state index >= 15 is 0 Å². The Hall–Kier alpha value is -0.750.